The van der Waals surface area contributed by atoms with Gasteiger partial charge in [-0.05, 0) is 43.5 Å². The highest BCUT2D eigenvalue weighted by Crippen LogP contribution is 2.13. The summed E-state index contributed by atoms with van der Waals surface area (Å²) in [6.07, 6.45) is 4.82. The Morgan fingerprint density at radius 1 is 1.20 bits per heavy atom. The summed E-state index contributed by atoms with van der Waals surface area (Å²) in [7, 11) is 0. The molecule has 0 aliphatic carbocycles. The summed E-state index contributed by atoms with van der Waals surface area (Å²) in [5.41, 5.74) is 0.632. The van der Waals surface area contributed by atoms with Crippen molar-refractivity contribution in [2.45, 2.75) is 32.1 Å². The number of nitrogens with zero attached hydrogens (tertiary/aromatic N) is 2. The molecule has 1 amide bonds. The van der Waals surface area contributed by atoms with Gasteiger partial charge in [0.25, 0.3) is 0 Å². The van der Waals surface area contributed by atoms with Gasteiger partial charge >= 0.3 is 0 Å². The van der Waals surface area contributed by atoms with E-state index in [2.05, 4.69) is 6.07 Å². The standard InChI is InChI=1S/C16H20N2O2/c17-13-14-6-8-15(9-7-14)20-12-4-11-18-10-3-1-2-5-16(18)19/h6-9H,1-5,10-12H2. The Bertz CT molecular complexity index is 476. The van der Waals surface area contributed by atoms with Crippen molar-refractivity contribution in [1.29, 1.82) is 5.26 Å². The van der Waals surface area contributed by atoms with Gasteiger partial charge in [-0.2, -0.15) is 5.26 Å². The normalized spacial score (nSPS) is 15.6. The van der Waals surface area contributed by atoms with Crippen LogP contribution in [0.3, 0.4) is 0 Å². The Kier molecular flexibility index (Phi) is 5.43. The lowest BCUT2D eigenvalue weighted by Gasteiger charge is -2.20. The van der Waals surface area contributed by atoms with Crippen LogP contribution in [-0.2, 0) is 4.79 Å². The van der Waals surface area contributed by atoms with Crippen molar-refractivity contribution in [3.05, 3.63) is 29.8 Å². The quantitative estimate of drug-likeness (QED) is 0.774. The molecule has 0 atom stereocenters. The van der Waals surface area contributed by atoms with Crippen LogP contribution in [0, 0.1) is 11.3 Å². The average molecular weight is 272 g/mol. The van der Waals surface area contributed by atoms with E-state index in [1.807, 2.05) is 4.90 Å². The molecule has 1 aromatic carbocycles. The number of rotatable bonds is 5. The minimum absolute atomic E-state index is 0.279. The first-order valence-corrected chi connectivity index (χ1v) is 7.20. The van der Waals surface area contributed by atoms with Crippen molar-refractivity contribution in [3.63, 3.8) is 0 Å². The summed E-state index contributed by atoms with van der Waals surface area (Å²) in [5.74, 6) is 1.05. The third-order valence-corrected chi connectivity index (χ3v) is 3.50. The lowest BCUT2D eigenvalue weighted by Crippen LogP contribution is -2.31. The van der Waals surface area contributed by atoms with Gasteiger partial charge in [-0.3, -0.25) is 4.79 Å². The lowest BCUT2D eigenvalue weighted by molar-refractivity contribution is -0.130. The van der Waals surface area contributed by atoms with E-state index < -0.39 is 0 Å². The van der Waals surface area contributed by atoms with E-state index in [0.717, 1.165) is 44.5 Å². The number of carbonyl (C=O) groups is 1. The molecule has 0 radical (unpaired) electrons. The van der Waals surface area contributed by atoms with Gasteiger partial charge in [0.05, 0.1) is 18.2 Å². The second-order valence-electron chi connectivity index (χ2n) is 5.03. The van der Waals surface area contributed by atoms with Gasteiger partial charge < -0.3 is 9.64 Å². The highest BCUT2D eigenvalue weighted by molar-refractivity contribution is 5.76. The molecular weight excluding hydrogens is 252 g/mol. The van der Waals surface area contributed by atoms with Crippen molar-refractivity contribution >= 4 is 5.91 Å². The summed E-state index contributed by atoms with van der Waals surface area (Å²) in [6, 6.07) is 9.17. The minimum Gasteiger partial charge on any atom is -0.494 e. The Labute approximate surface area is 120 Å². The molecule has 0 aromatic heterocycles. The third-order valence-electron chi connectivity index (χ3n) is 3.50. The number of amides is 1. The van der Waals surface area contributed by atoms with Gasteiger partial charge in [0.15, 0.2) is 0 Å². The van der Waals surface area contributed by atoms with E-state index in [1.165, 1.54) is 0 Å². The van der Waals surface area contributed by atoms with Crippen LogP contribution in [0.2, 0.25) is 0 Å². The second kappa shape index (κ2) is 7.54. The number of ether oxygens (including phenoxy) is 1. The molecule has 0 N–H and O–H groups in total. The molecule has 2 rings (SSSR count). The van der Waals surface area contributed by atoms with Crippen LogP contribution in [-0.4, -0.2) is 30.5 Å². The topological polar surface area (TPSA) is 53.3 Å². The van der Waals surface area contributed by atoms with Crippen LogP contribution in [0.4, 0.5) is 0 Å². The van der Waals surface area contributed by atoms with Crippen LogP contribution in [0.25, 0.3) is 0 Å². The van der Waals surface area contributed by atoms with Crippen LogP contribution >= 0.6 is 0 Å². The molecule has 4 heteroatoms. The van der Waals surface area contributed by atoms with Crippen molar-refractivity contribution in [1.82, 2.24) is 4.90 Å². The van der Waals surface area contributed by atoms with E-state index in [9.17, 15) is 4.79 Å². The zero-order valence-corrected chi connectivity index (χ0v) is 11.7. The zero-order chi connectivity index (χ0) is 14.2. The maximum atomic E-state index is 11.8. The molecule has 0 saturated carbocycles. The van der Waals surface area contributed by atoms with Crippen LogP contribution < -0.4 is 4.74 Å². The van der Waals surface area contributed by atoms with Crippen molar-refractivity contribution in [2.75, 3.05) is 19.7 Å². The molecule has 1 heterocycles. The molecule has 20 heavy (non-hydrogen) atoms. The average Bonchev–Trinajstić information content (AvgIpc) is 2.69. The molecule has 1 fully saturated rings. The predicted molar refractivity (Wildman–Crippen MR) is 76.3 cm³/mol. The van der Waals surface area contributed by atoms with E-state index in [0.29, 0.717) is 18.6 Å². The minimum atomic E-state index is 0.279. The first-order chi connectivity index (χ1) is 9.79. The lowest BCUT2D eigenvalue weighted by atomic mass is 10.2. The molecule has 0 bridgehead atoms. The van der Waals surface area contributed by atoms with Gasteiger partial charge in [0.1, 0.15) is 5.75 Å². The Morgan fingerprint density at radius 3 is 2.75 bits per heavy atom. The number of hydrogen-bond acceptors (Lipinski definition) is 3. The highest BCUT2D eigenvalue weighted by Gasteiger charge is 2.15. The molecule has 0 unspecified atom stereocenters. The maximum absolute atomic E-state index is 11.8. The molecule has 1 aliphatic rings. The van der Waals surface area contributed by atoms with E-state index in [1.54, 1.807) is 24.3 Å². The van der Waals surface area contributed by atoms with E-state index in [-0.39, 0.29) is 5.91 Å². The summed E-state index contributed by atoms with van der Waals surface area (Å²) < 4.78 is 5.62. The van der Waals surface area contributed by atoms with Crippen molar-refractivity contribution in [2.24, 2.45) is 0 Å². The number of carbonyl (C=O) groups excluding carboxylic acids is 1. The molecule has 1 aliphatic heterocycles. The summed E-state index contributed by atoms with van der Waals surface area (Å²) >= 11 is 0. The Balaban J connectivity index is 1.70. The summed E-state index contributed by atoms with van der Waals surface area (Å²) in [4.78, 5) is 13.8. The van der Waals surface area contributed by atoms with Crippen LogP contribution in [0.1, 0.15) is 37.7 Å². The summed E-state index contributed by atoms with van der Waals surface area (Å²) in [5, 5.41) is 8.71. The first-order valence-electron chi connectivity index (χ1n) is 7.20. The second-order valence-corrected chi connectivity index (χ2v) is 5.03. The molecule has 106 valence electrons. The smallest absolute Gasteiger partial charge is 0.222 e. The zero-order valence-electron chi connectivity index (χ0n) is 11.7. The SMILES string of the molecule is N#Cc1ccc(OCCCN2CCCCCC2=O)cc1. The Morgan fingerprint density at radius 2 is 2.00 bits per heavy atom. The largest absolute Gasteiger partial charge is 0.494 e. The predicted octanol–water partition coefficient (Wildman–Crippen LogP) is 2.73. The third kappa shape index (κ3) is 4.27. The highest BCUT2D eigenvalue weighted by atomic mass is 16.5. The molecular formula is C16H20N2O2. The van der Waals surface area contributed by atoms with Gasteiger partial charge in [0.2, 0.25) is 5.91 Å². The number of benzene rings is 1. The molecule has 1 saturated heterocycles. The maximum Gasteiger partial charge on any atom is 0.222 e. The van der Waals surface area contributed by atoms with E-state index in [4.69, 9.17) is 10.00 Å². The first kappa shape index (κ1) is 14.4. The molecule has 0 spiro atoms. The fraction of sp³-hybridized carbons (Fsp3) is 0.500. The monoisotopic (exact) mass is 272 g/mol. The number of hydrogen-bond donors (Lipinski definition) is 0. The van der Waals surface area contributed by atoms with E-state index >= 15 is 0 Å². The van der Waals surface area contributed by atoms with Crippen molar-refractivity contribution < 1.29 is 9.53 Å². The van der Waals surface area contributed by atoms with Gasteiger partial charge in [-0.25, -0.2) is 0 Å². The Hall–Kier alpha value is -2.02. The van der Waals surface area contributed by atoms with Crippen LogP contribution in [0.5, 0.6) is 5.75 Å². The van der Waals surface area contributed by atoms with Crippen molar-refractivity contribution in [3.8, 4) is 11.8 Å². The van der Waals surface area contributed by atoms with Gasteiger partial charge in [-0.15, -0.1) is 0 Å². The molecule has 1 aromatic rings. The molecule has 4 nitrogen and oxygen atoms in total. The fourth-order valence-corrected chi connectivity index (χ4v) is 2.35. The van der Waals surface area contributed by atoms with Gasteiger partial charge in [0, 0.05) is 19.5 Å². The summed E-state index contributed by atoms with van der Waals surface area (Å²) in [6.45, 7) is 2.25. The fourth-order valence-electron chi connectivity index (χ4n) is 2.35. The number of nitriles is 1. The van der Waals surface area contributed by atoms with Crippen LogP contribution in [0.15, 0.2) is 24.3 Å². The number of likely N-dealkylation sites (tertiary alicyclic amines) is 1. The van der Waals surface area contributed by atoms with Gasteiger partial charge in [-0.1, -0.05) is 6.42 Å².